The fourth-order valence-electron chi connectivity index (χ4n) is 3.19. The van der Waals surface area contributed by atoms with E-state index in [9.17, 15) is 0 Å². The lowest BCUT2D eigenvalue weighted by Crippen LogP contribution is -2.43. The first-order valence-corrected chi connectivity index (χ1v) is 7.18. The highest BCUT2D eigenvalue weighted by molar-refractivity contribution is 5.31. The van der Waals surface area contributed by atoms with Gasteiger partial charge in [-0.15, -0.1) is 0 Å². The molecule has 3 heteroatoms. The van der Waals surface area contributed by atoms with E-state index in [1.807, 2.05) is 19.2 Å². The molecular formula is C16H25NO2. The smallest absolute Gasteiger partial charge is 0.118 e. The average molecular weight is 263 g/mol. The Morgan fingerprint density at radius 3 is 2.26 bits per heavy atom. The predicted molar refractivity (Wildman–Crippen MR) is 77.6 cm³/mol. The molecule has 0 bridgehead atoms. The SMILES string of the molecule is CCNC(c1ccc(OC)cc1)C1(OC)CCCC1. The van der Waals surface area contributed by atoms with Crippen molar-refractivity contribution in [2.75, 3.05) is 20.8 Å². The number of ether oxygens (including phenoxy) is 2. The molecule has 0 amide bonds. The van der Waals surface area contributed by atoms with Crippen LogP contribution in [0, 0.1) is 0 Å². The van der Waals surface area contributed by atoms with Crippen LogP contribution in [0.5, 0.6) is 5.75 Å². The van der Waals surface area contributed by atoms with Gasteiger partial charge in [0, 0.05) is 7.11 Å². The number of hydrogen-bond acceptors (Lipinski definition) is 3. The average Bonchev–Trinajstić information content (AvgIpc) is 2.95. The summed E-state index contributed by atoms with van der Waals surface area (Å²) in [5.41, 5.74) is 1.23. The molecule has 1 fully saturated rings. The Labute approximate surface area is 116 Å². The molecule has 1 unspecified atom stereocenters. The molecule has 1 saturated carbocycles. The summed E-state index contributed by atoms with van der Waals surface area (Å²) in [6.45, 7) is 3.09. The van der Waals surface area contributed by atoms with E-state index < -0.39 is 0 Å². The number of nitrogens with one attached hydrogen (secondary N) is 1. The first-order valence-electron chi connectivity index (χ1n) is 7.18. The summed E-state index contributed by atoms with van der Waals surface area (Å²) >= 11 is 0. The van der Waals surface area contributed by atoms with Crippen LogP contribution < -0.4 is 10.1 Å². The van der Waals surface area contributed by atoms with Crippen LogP contribution in [0.4, 0.5) is 0 Å². The van der Waals surface area contributed by atoms with Gasteiger partial charge in [0.15, 0.2) is 0 Å². The first-order chi connectivity index (χ1) is 9.25. The van der Waals surface area contributed by atoms with Crippen LogP contribution >= 0.6 is 0 Å². The standard InChI is InChI=1S/C16H25NO2/c1-4-17-15(16(19-3)11-5-6-12-16)13-7-9-14(18-2)10-8-13/h7-10,15,17H,4-6,11-12H2,1-3H3. The molecule has 0 saturated heterocycles. The lowest BCUT2D eigenvalue weighted by atomic mass is 9.86. The zero-order chi connectivity index (χ0) is 13.7. The maximum atomic E-state index is 5.93. The Balaban J connectivity index is 2.27. The molecule has 1 aromatic carbocycles. The maximum absolute atomic E-state index is 5.93. The van der Waals surface area contributed by atoms with Gasteiger partial charge in [-0.05, 0) is 37.1 Å². The largest absolute Gasteiger partial charge is 0.497 e. The third-order valence-electron chi connectivity index (χ3n) is 4.24. The summed E-state index contributed by atoms with van der Waals surface area (Å²) < 4.78 is 11.2. The van der Waals surface area contributed by atoms with Gasteiger partial charge in [-0.25, -0.2) is 0 Å². The highest BCUT2D eigenvalue weighted by Crippen LogP contribution is 2.42. The highest BCUT2D eigenvalue weighted by Gasteiger charge is 2.41. The van der Waals surface area contributed by atoms with Crippen LogP contribution in [0.1, 0.15) is 44.2 Å². The van der Waals surface area contributed by atoms with Crippen LogP contribution in [-0.4, -0.2) is 26.4 Å². The molecule has 0 aromatic heterocycles. The molecule has 19 heavy (non-hydrogen) atoms. The number of hydrogen-bond donors (Lipinski definition) is 1. The molecule has 2 rings (SSSR count). The third-order valence-corrected chi connectivity index (χ3v) is 4.24. The Bertz CT molecular complexity index is 382. The fourth-order valence-corrected chi connectivity index (χ4v) is 3.19. The zero-order valence-electron chi connectivity index (χ0n) is 12.2. The van der Waals surface area contributed by atoms with Gasteiger partial charge in [0.1, 0.15) is 5.75 Å². The monoisotopic (exact) mass is 263 g/mol. The highest BCUT2D eigenvalue weighted by atomic mass is 16.5. The molecule has 1 atom stereocenters. The normalized spacial score (nSPS) is 19.3. The first kappa shape index (κ1) is 14.4. The summed E-state index contributed by atoms with van der Waals surface area (Å²) in [4.78, 5) is 0. The molecule has 106 valence electrons. The Kier molecular flexibility index (Phi) is 4.83. The van der Waals surface area contributed by atoms with Gasteiger partial charge in [0.05, 0.1) is 18.8 Å². The van der Waals surface area contributed by atoms with Crippen molar-refractivity contribution in [3.8, 4) is 5.75 Å². The Hall–Kier alpha value is -1.06. The van der Waals surface area contributed by atoms with Crippen molar-refractivity contribution in [2.45, 2.75) is 44.2 Å². The number of benzene rings is 1. The second kappa shape index (κ2) is 6.40. The molecule has 1 aromatic rings. The molecule has 0 radical (unpaired) electrons. The van der Waals surface area contributed by atoms with Gasteiger partial charge in [-0.2, -0.15) is 0 Å². The van der Waals surface area contributed by atoms with Crippen molar-refractivity contribution in [1.82, 2.24) is 5.32 Å². The molecule has 3 nitrogen and oxygen atoms in total. The quantitative estimate of drug-likeness (QED) is 0.854. The van der Waals surface area contributed by atoms with E-state index in [2.05, 4.69) is 24.4 Å². The molecule has 0 heterocycles. The second-order valence-electron chi connectivity index (χ2n) is 5.24. The van der Waals surface area contributed by atoms with Crippen molar-refractivity contribution >= 4 is 0 Å². The molecule has 1 aliphatic rings. The van der Waals surface area contributed by atoms with E-state index in [-0.39, 0.29) is 11.6 Å². The van der Waals surface area contributed by atoms with Gasteiger partial charge in [0.25, 0.3) is 0 Å². The number of methoxy groups -OCH3 is 2. The summed E-state index contributed by atoms with van der Waals surface area (Å²) in [5.74, 6) is 0.900. The molecule has 1 aliphatic carbocycles. The summed E-state index contributed by atoms with van der Waals surface area (Å²) in [5, 5.41) is 3.60. The molecular weight excluding hydrogens is 238 g/mol. The van der Waals surface area contributed by atoms with E-state index in [1.54, 1.807) is 7.11 Å². The summed E-state index contributed by atoms with van der Waals surface area (Å²) in [7, 11) is 3.55. The van der Waals surface area contributed by atoms with E-state index in [4.69, 9.17) is 9.47 Å². The molecule has 0 spiro atoms. The van der Waals surface area contributed by atoms with Gasteiger partial charge in [-0.1, -0.05) is 31.9 Å². The van der Waals surface area contributed by atoms with Gasteiger partial charge in [-0.3, -0.25) is 0 Å². The Morgan fingerprint density at radius 1 is 1.16 bits per heavy atom. The van der Waals surface area contributed by atoms with Crippen molar-refractivity contribution in [1.29, 1.82) is 0 Å². The second-order valence-corrected chi connectivity index (χ2v) is 5.24. The van der Waals surface area contributed by atoms with E-state index in [0.29, 0.717) is 0 Å². The van der Waals surface area contributed by atoms with Gasteiger partial charge >= 0.3 is 0 Å². The van der Waals surface area contributed by atoms with Crippen molar-refractivity contribution in [2.24, 2.45) is 0 Å². The van der Waals surface area contributed by atoms with Crippen molar-refractivity contribution in [3.63, 3.8) is 0 Å². The maximum Gasteiger partial charge on any atom is 0.118 e. The minimum absolute atomic E-state index is 0.0510. The van der Waals surface area contributed by atoms with Gasteiger partial charge < -0.3 is 14.8 Å². The zero-order valence-corrected chi connectivity index (χ0v) is 12.2. The summed E-state index contributed by atoms with van der Waals surface area (Å²) in [6, 6.07) is 8.60. The fraction of sp³-hybridized carbons (Fsp3) is 0.625. The predicted octanol–water partition coefficient (Wildman–Crippen LogP) is 3.31. The van der Waals surface area contributed by atoms with E-state index >= 15 is 0 Å². The number of rotatable bonds is 6. The van der Waals surface area contributed by atoms with Crippen LogP contribution in [0.15, 0.2) is 24.3 Å². The number of likely N-dealkylation sites (N-methyl/N-ethyl adjacent to an activating group) is 1. The molecule has 0 aliphatic heterocycles. The third kappa shape index (κ3) is 2.93. The summed E-state index contributed by atoms with van der Waals surface area (Å²) in [6.07, 6.45) is 4.78. The van der Waals surface area contributed by atoms with Crippen molar-refractivity contribution in [3.05, 3.63) is 29.8 Å². The lowest BCUT2D eigenvalue weighted by molar-refractivity contribution is -0.0364. The van der Waals surface area contributed by atoms with Crippen molar-refractivity contribution < 1.29 is 9.47 Å². The van der Waals surface area contributed by atoms with Crippen LogP contribution in [-0.2, 0) is 4.74 Å². The van der Waals surface area contributed by atoms with Crippen LogP contribution in [0.25, 0.3) is 0 Å². The van der Waals surface area contributed by atoms with E-state index in [0.717, 1.165) is 25.1 Å². The van der Waals surface area contributed by atoms with E-state index in [1.165, 1.54) is 18.4 Å². The van der Waals surface area contributed by atoms with Gasteiger partial charge in [0.2, 0.25) is 0 Å². The minimum Gasteiger partial charge on any atom is -0.497 e. The Morgan fingerprint density at radius 2 is 1.79 bits per heavy atom. The lowest BCUT2D eigenvalue weighted by Gasteiger charge is -2.37. The molecule has 1 N–H and O–H groups in total. The topological polar surface area (TPSA) is 30.5 Å². The van der Waals surface area contributed by atoms with Crippen LogP contribution in [0.3, 0.4) is 0 Å². The minimum atomic E-state index is -0.0510. The van der Waals surface area contributed by atoms with Crippen LogP contribution in [0.2, 0.25) is 0 Å².